The average molecular weight is 240 g/mol. The number of hydrogen-bond donors (Lipinski definition) is 3. The smallest absolute Gasteiger partial charge is 0.272 e. The molecule has 1 aromatic rings. The minimum Gasteiger partial charge on any atom is -0.395 e. The van der Waals surface area contributed by atoms with Crippen LogP contribution in [0.25, 0.3) is 0 Å². The summed E-state index contributed by atoms with van der Waals surface area (Å²) in [5.41, 5.74) is 6.64. The highest BCUT2D eigenvalue weighted by Gasteiger charge is 2.25. The lowest BCUT2D eigenvalue weighted by Gasteiger charge is -2.23. The van der Waals surface area contributed by atoms with Crippen LogP contribution in [0, 0.1) is 0 Å². The highest BCUT2D eigenvalue weighted by molar-refractivity contribution is 5.98. The van der Waals surface area contributed by atoms with Crippen molar-refractivity contribution >= 4 is 11.6 Å². The molecule has 6 heteroatoms. The molecule has 96 valence electrons. The number of rotatable bonds is 4. The van der Waals surface area contributed by atoms with E-state index < -0.39 is 5.54 Å². The van der Waals surface area contributed by atoms with Crippen LogP contribution < -0.4 is 11.1 Å². The highest BCUT2D eigenvalue weighted by atomic mass is 16.3. The van der Waals surface area contributed by atoms with Gasteiger partial charge >= 0.3 is 0 Å². The molecule has 1 heterocycles. The zero-order valence-electron chi connectivity index (χ0n) is 10.7. The minimum absolute atomic E-state index is 0.142. The van der Waals surface area contributed by atoms with Crippen LogP contribution in [0.1, 0.15) is 37.0 Å². The number of amides is 1. The molecule has 0 radical (unpaired) electrons. The first-order chi connectivity index (χ1) is 7.82. The van der Waals surface area contributed by atoms with E-state index in [0.717, 1.165) is 0 Å². The van der Waals surface area contributed by atoms with Crippen molar-refractivity contribution < 1.29 is 9.90 Å². The summed E-state index contributed by atoms with van der Waals surface area (Å²) in [7, 11) is 1.68. The largest absolute Gasteiger partial charge is 0.395 e. The van der Waals surface area contributed by atoms with E-state index >= 15 is 0 Å². The molecule has 1 rings (SSSR count). The number of carbonyl (C=O) groups excluding carboxylic acids is 1. The number of nitrogens with one attached hydrogen (secondary N) is 1. The van der Waals surface area contributed by atoms with Crippen molar-refractivity contribution in [1.82, 2.24) is 15.1 Å². The van der Waals surface area contributed by atoms with Crippen LogP contribution in [0.15, 0.2) is 0 Å². The van der Waals surface area contributed by atoms with E-state index in [2.05, 4.69) is 10.4 Å². The van der Waals surface area contributed by atoms with Gasteiger partial charge in [-0.2, -0.15) is 5.10 Å². The molecule has 17 heavy (non-hydrogen) atoms. The number of aliphatic hydroxyl groups excluding tert-OH is 1. The molecule has 0 unspecified atom stereocenters. The Kier molecular flexibility index (Phi) is 3.77. The first kappa shape index (κ1) is 13.5. The number of carbonyl (C=O) groups is 1. The summed E-state index contributed by atoms with van der Waals surface area (Å²) in [5.74, 6) is -0.323. The zero-order valence-corrected chi connectivity index (χ0v) is 10.7. The Balaban J connectivity index is 3.01. The van der Waals surface area contributed by atoms with Gasteiger partial charge in [0.15, 0.2) is 0 Å². The van der Waals surface area contributed by atoms with Crippen LogP contribution in [0.5, 0.6) is 0 Å². The number of aliphatic hydroxyl groups is 1. The van der Waals surface area contributed by atoms with Crippen molar-refractivity contribution in [1.29, 1.82) is 0 Å². The number of hydrogen-bond acceptors (Lipinski definition) is 4. The lowest BCUT2D eigenvalue weighted by Crippen LogP contribution is -2.46. The van der Waals surface area contributed by atoms with Gasteiger partial charge < -0.3 is 16.2 Å². The maximum Gasteiger partial charge on any atom is 0.272 e. The van der Waals surface area contributed by atoms with Gasteiger partial charge in [0, 0.05) is 7.05 Å². The van der Waals surface area contributed by atoms with E-state index in [9.17, 15) is 4.79 Å². The molecule has 1 aromatic heterocycles. The Morgan fingerprint density at radius 3 is 2.59 bits per heavy atom. The fraction of sp³-hybridized carbons (Fsp3) is 0.636. The minimum atomic E-state index is -0.680. The molecule has 0 saturated carbocycles. The van der Waals surface area contributed by atoms with Crippen molar-refractivity contribution in [3.63, 3.8) is 0 Å². The van der Waals surface area contributed by atoms with E-state index in [0.29, 0.717) is 23.5 Å². The van der Waals surface area contributed by atoms with Gasteiger partial charge in [0.05, 0.1) is 23.5 Å². The van der Waals surface area contributed by atoms with Crippen LogP contribution in [0.3, 0.4) is 0 Å². The van der Waals surface area contributed by atoms with Gasteiger partial charge in [0.25, 0.3) is 5.91 Å². The molecule has 0 bridgehead atoms. The fourth-order valence-corrected chi connectivity index (χ4v) is 1.53. The zero-order chi connectivity index (χ0) is 13.2. The molecule has 1 amide bonds. The summed E-state index contributed by atoms with van der Waals surface area (Å²) in [4.78, 5) is 12.0. The molecule has 4 N–H and O–H groups in total. The molecule has 0 aliphatic rings. The summed E-state index contributed by atoms with van der Waals surface area (Å²) >= 11 is 0. The van der Waals surface area contributed by atoms with Gasteiger partial charge in [-0.05, 0) is 20.3 Å². The normalized spacial score (nSPS) is 11.6. The monoisotopic (exact) mass is 240 g/mol. The van der Waals surface area contributed by atoms with Gasteiger partial charge in [0.1, 0.15) is 5.69 Å². The van der Waals surface area contributed by atoms with Crippen molar-refractivity contribution in [3.05, 3.63) is 11.4 Å². The SMILES string of the molecule is CCc1nn(C)c(C(=O)NC(C)(C)CO)c1N. The fourth-order valence-electron chi connectivity index (χ4n) is 1.53. The Morgan fingerprint density at radius 2 is 2.18 bits per heavy atom. The van der Waals surface area contributed by atoms with Crippen molar-refractivity contribution in [2.24, 2.45) is 7.05 Å². The van der Waals surface area contributed by atoms with E-state index in [1.54, 1.807) is 20.9 Å². The number of nitrogen functional groups attached to an aromatic ring is 1. The molecule has 0 aromatic carbocycles. The first-order valence-corrected chi connectivity index (χ1v) is 5.57. The predicted molar refractivity (Wildman–Crippen MR) is 65.6 cm³/mol. The van der Waals surface area contributed by atoms with Gasteiger partial charge in [-0.15, -0.1) is 0 Å². The van der Waals surface area contributed by atoms with Crippen molar-refractivity contribution in [2.45, 2.75) is 32.7 Å². The number of anilines is 1. The van der Waals surface area contributed by atoms with Crippen molar-refractivity contribution in [3.8, 4) is 0 Å². The van der Waals surface area contributed by atoms with Gasteiger partial charge in [-0.25, -0.2) is 0 Å². The van der Waals surface area contributed by atoms with E-state index in [1.165, 1.54) is 4.68 Å². The van der Waals surface area contributed by atoms with Crippen LogP contribution in [0.4, 0.5) is 5.69 Å². The van der Waals surface area contributed by atoms with Crippen LogP contribution >= 0.6 is 0 Å². The molecule has 0 aliphatic heterocycles. The summed E-state index contributed by atoms with van der Waals surface area (Å²) in [6.45, 7) is 5.26. The van der Waals surface area contributed by atoms with Crippen LogP contribution in [-0.2, 0) is 13.5 Å². The molecule has 0 atom stereocenters. The number of nitrogens with two attached hydrogens (primary N) is 1. The van der Waals surface area contributed by atoms with Gasteiger partial charge in [-0.3, -0.25) is 9.48 Å². The Labute approximate surface area is 101 Å². The summed E-state index contributed by atoms with van der Waals surface area (Å²) in [5, 5.41) is 16.0. The highest BCUT2D eigenvalue weighted by Crippen LogP contribution is 2.17. The first-order valence-electron chi connectivity index (χ1n) is 5.57. The molecule has 0 saturated heterocycles. The third-order valence-electron chi connectivity index (χ3n) is 2.56. The third-order valence-corrected chi connectivity index (χ3v) is 2.56. The van der Waals surface area contributed by atoms with Crippen LogP contribution in [-0.4, -0.2) is 32.9 Å². The Bertz CT molecular complexity index is 423. The van der Waals surface area contributed by atoms with Gasteiger partial charge in [0.2, 0.25) is 0 Å². The van der Waals surface area contributed by atoms with Crippen molar-refractivity contribution in [2.75, 3.05) is 12.3 Å². The van der Waals surface area contributed by atoms with Gasteiger partial charge in [-0.1, -0.05) is 6.92 Å². The second kappa shape index (κ2) is 4.75. The molecular weight excluding hydrogens is 220 g/mol. The standard InChI is InChI=1S/C11H20N4O2/c1-5-7-8(12)9(15(4)14-7)10(17)13-11(2,3)6-16/h16H,5-6,12H2,1-4H3,(H,13,17). The lowest BCUT2D eigenvalue weighted by molar-refractivity contribution is 0.0860. The maximum absolute atomic E-state index is 12.0. The second-order valence-corrected chi connectivity index (χ2v) is 4.68. The third kappa shape index (κ3) is 2.76. The predicted octanol–water partition coefficient (Wildman–Crippen LogP) is 0.0654. The summed E-state index contributed by atoms with van der Waals surface area (Å²) < 4.78 is 1.47. The quantitative estimate of drug-likeness (QED) is 0.694. The van der Waals surface area contributed by atoms with E-state index in [4.69, 9.17) is 10.8 Å². The Hall–Kier alpha value is -1.56. The summed E-state index contributed by atoms with van der Waals surface area (Å²) in [6, 6.07) is 0. The number of aryl methyl sites for hydroxylation is 2. The molecule has 0 aliphatic carbocycles. The van der Waals surface area contributed by atoms with E-state index in [1.807, 2.05) is 6.92 Å². The topological polar surface area (TPSA) is 93.2 Å². The number of aromatic nitrogens is 2. The Morgan fingerprint density at radius 1 is 1.59 bits per heavy atom. The molecule has 0 fully saturated rings. The van der Waals surface area contributed by atoms with E-state index in [-0.39, 0.29) is 12.5 Å². The number of nitrogens with zero attached hydrogens (tertiary/aromatic N) is 2. The average Bonchev–Trinajstić information content (AvgIpc) is 2.53. The molecule has 6 nitrogen and oxygen atoms in total. The molecule has 0 spiro atoms. The lowest BCUT2D eigenvalue weighted by atomic mass is 10.1. The summed E-state index contributed by atoms with van der Waals surface area (Å²) in [6.07, 6.45) is 0.677. The van der Waals surface area contributed by atoms with Crippen LogP contribution in [0.2, 0.25) is 0 Å². The molecular formula is C11H20N4O2. The second-order valence-electron chi connectivity index (χ2n) is 4.68. The maximum atomic E-state index is 12.0.